The van der Waals surface area contributed by atoms with E-state index >= 15 is 0 Å². The van der Waals surface area contributed by atoms with Crippen LogP contribution in [0.2, 0.25) is 0 Å². The fraction of sp³-hybridized carbons (Fsp3) is 0.714. The molecule has 1 aromatic carbocycles. The van der Waals surface area contributed by atoms with Crippen LogP contribution in [-0.4, -0.2) is 128 Å². The zero-order valence-electron chi connectivity index (χ0n) is 25.8. The first kappa shape index (κ1) is 42.7. The van der Waals surface area contributed by atoms with E-state index in [0.29, 0.717) is 91.4 Å². The maximum Gasteiger partial charge on any atom is 0.416 e. The van der Waals surface area contributed by atoms with Gasteiger partial charge in [0.05, 0.1) is 123 Å². The van der Waals surface area contributed by atoms with Gasteiger partial charge in [-0.2, -0.15) is 26.3 Å². The summed E-state index contributed by atoms with van der Waals surface area (Å²) in [6, 6.07) is 1.12. The molecule has 0 aromatic heterocycles. The van der Waals surface area contributed by atoms with Crippen LogP contribution in [0.4, 0.5) is 32.0 Å². The molecule has 1 aromatic rings. The molecule has 0 unspecified atom stereocenters. The molecule has 0 saturated heterocycles. The highest BCUT2D eigenvalue weighted by Crippen LogP contribution is 2.37. The van der Waals surface area contributed by atoms with Crippen molar-refractivity contribution < 1.29 is 74.1 Å². The van der Waals surface area contributed by atoms with Crippen LogP contribution in [0.5, 0.6) is 0 Å². The van der Waals surface area contributed by atoms with Gasteiger partial charge in [-0.05, 0) is 30.4 Å². The van der Waals surface area contributed by atoms with Crippen LogP contribution < -0.4 is 10.6 Å². The Balaban J connectivity index is 1.87. The van der Waals surface area contributed by atoms with Crippen LogP contribution in [-0.2, 0) is 55.0 Å². The van der Waals surface area contributed by atoms with Crippen molar-refractivity contribution in [2.75, 3.05) is 118 Å². The Hall–Kier alpha value is -2.36. The standard InChI is InChI=1S/C28H42F6N2O10S/c29-27(30,31)22-19-23(28(32,33)34)21-24(20-22)36-26(47)35-2-4-40-6-8-42-10-12-44-14-16-46-18-17-45-15-13-43-11-9-41-7-5-39-3-1-25(37)38/h19-21H,1-18H2,(H,37,38)(H2,35,36,47). The van der Waals surface area contributed by atoms with Crippen molar-refractivity contribution >= 4 is 29.0 Å². The Morgan fingerprint density at radius 2 is 0.894 bits per heavy atom. The van der Waals surface area contributed by atoms with E-state index in [2.05, 4.69) is 10.6 Å². The first-order valence-electron chi connectivity index (χ1n) is 14.6. The van der Waals surface area contributed by atoms with E-state index in [9.17, 15) is 31.1 Å². The molecule has 0 heterocycles. The maximum atomic E-state index is 13.0. The number of aliphatic carboxylic acids is 1. The third-order valence-electron chi connectivity index (χ3n) is 5.44. The number of hydrogen-bond donors (Lipinski definition) is 3. The summed E-state index contributed by atoms with van der Waals surface area (Å²) in [4.78, 5) is 10.3. The van der Waals surface area contributed by atoms with Crippen LogP contribution in [0.3, 0.4) is 0 Å². The average Bonchev–Trinajstić information content (AvgIpc) is 2.99. The van der Waals surface area contributed by atoms with E-state index in [-0.39, 0.29) is 50.6 Å². The van der Waals surface area contributed by atoms with Crippen molar-refractivity contribution in [2.24, 2.45) is 0 Å². The summed E-state index contributed by atoms with van der Waals surface area (Å²) in [5.74, 6) is -0.902. The quantitative estimate of drug-likeness (QED) is 0.0664. The first-order chi connectivity index (χ1) is 22.4. The predicted molar refractivity (Wildman–Crippen MR) is 159 cm³/mol. The third-order valence-corrected chi connectivity index (χ3v) is 5.69. The number of carbonyl (C=O) groups is 1. The number of carboxylic acid groups (broad SMARTS) is 1. The molecule has 0 fully saturated rings. The monoisotopic (exact) mass is 712 g/mol. The Bertz CT molecular complexity index is 960. The summed E-state index contributed by atoms with van der Waals surface area (Å²) in [6.45, 7) is 5.63. The molecule has 0 aliphatic heterocycles. The van der Waals surface area contributed by atoms with Gasteiger partial charge in [0.15, 0.2) is 5.11 Å². The molecule has 19 heteroatoms. The van der Waals surface area contributed by atoms with Crippen LogP contribution in [0.25, 0.3) is 0 Å². The number of benzene rings is 1. The molecule has 12 nitrogen and oxygen atoms in total. The van der Waals surface area contributed by atoms with Gasteiger partial charge in [-0.1, -0.05) is 0 Å². The van der Waals surface area contributed by atoms with Crippen molar-refractivity contribution in [1.82, 2.24) is 5.32 Å². The number of thiocarbonyl (C=S) groups is 1. The van der Waals surface area contributed by atoms with Gasteiger partial charge >= 0.3 is 18.3 Å². The molecule has 0 bridgehead atoms. The summed E-state index contributed by atoms with van der Waals surface area (Å²) >= 11 is 4.94. The molecule has 272 valence electrons. The SMILES string of the molecule is O=C(O)CCOCCOCCOCCOCCOCCOCCOCCOCCNC(=S)Nc1cc(C(F)(F)F)cc(C(F)(F)F)c1. The Kier molecular flexibility index (Phi) is 23.3. The van der Waals surface area contributed by atoms with Gasteiger partial charge in [0.1, 0.15) is 0 Å². The lowest BCUT2D eigenvalue weighted by Crippen LogP contribution is -2.31. The molecular formula is C28H42F6N2O10S. The fourth-order valence-electron chi connectivity index (χ4n) is 3.24. The number of hydrogen-bond acceptors (Lipinski definition) is 10. The van der Waals surface area contributed by atoms with E-state index in [1.807, 2.05) is 0 Å². The van der Waals surface area contributed by atoms with E-state index in [4.69, 9.17) is 55.2 Å². The lowest BCUT2D eigenvalue weighted by molar-refractivity contribution is -0.143. The number of carboxylic acids is 1. The van der Waals surface area contributed by atoms with Gasteiger partial charge in [0.25, 0.3) is 0 Å². The fourth-order valence-corrected chi connectivity index (χ4v) is 3.46. The smallest absolute Gasteiger partial charge is 0.416 e. The molecule has 0 aliphatic rings. The second-order valence-electron chi connectivity index (χ2n) is 9.22. The van der Waals surface area contributed by atoms with Gasteiger partial charge in [0, 0.05) is 12.2 Å². The minimum atomic E-state index is -4.96. The van der Waals surface area contributed by atoms with E-state index < -0.39 is 35.1 Å². The molecule has 0 amide bonds. The lowest BCUT2D eigenvalue weighted by atomic mass is 10.1. The zero-order chi connectivity index (χ0) is 34.8. The average molecular weight is 713 g/mol. The maximum absolute atomic E-state index is 13.0. The molecule has 0 aliphatic carbocycles. The van der Waals surface area contributed by atoms with E-state index in [1.165, 1.54) is 0 Å². The summed E-state index contributed by atoms with van der Waals surface area (Å²) in [6.07, 6.45) is -9.95. The van der Waals surface area contributed by atoms with Crippen LogP contribution >= 0.6 is 12.2 Å². The summed E-state index contributed by atoms with van der Waals surface area (Å²) < 4.78 is 120. The van der Waals surface area contributed by atoms with Gasteiger partial charge in [0.2, 0.25) is 0 Å². The lowest BCUT2D eigenvalue weighted by Gasteiger charge is -2.16. The van der Waals surface area contributed by atoms with Crippen LogP contribution in [0, 0.1) is 0 Å². The summed E-state index contributed by atoms with van der Waals surface area (Å²) in [5.41, 5.74) is -3.34. The number of anilines is 1. The Labute approximate surface area is 274 Å². The van der Waals surface area contributed by atoms with Crippen molar-refractivity contribution in [3.8, 4) is 0 Å². The largest absolute Gasteiger partial charge is 0.481 e. The second-order valence-corrected chi connectivity index (χ2v) is 9.63. The highest BCUT2D eigenvalue weighted by molar-refractivity contribution is 7.80. The Morgan fingerprint density at radius 1 is 0.574 bits per heavy atom. The topological polar surface area (TPSA) is 135 Å². The highest BCUT2D eigenvalue weighted by Gasteiger charge is 2.37. The summed E-state index contributed by atoms with van der Waals surface area (Å²) in [7, 11) is 0. The van der Waals surface area contributed by atoms with Crippen LogP contribution in [0.15, 0.2) is 18.2 Å². The van der Waals surface area contributed by atoms with Crippen molar-refractivity contribution in [1.29, 1.82) is 0 Å². The number of alkyl halides is 6. The van der Waals surface area contributed by atoms with E-state index in [1.54, 1.807) is 0 Å². The molecule has 0 saturated carbocycles. The molecule has 3 N–H and O–H groups in total. The molecule has 47 heavy (non-hydrogen) atoms. The van der Waals surface area contributed by atoms with Crippen LogP contribution in [0.1, 0.15) is 17.5 Å². The summed E-state index contributed by atoms with van der Waals surface area (Å²) in [5, 5.41) is 13.3. The number of nitrogens with one attached hydrogen (secondary N) is 2. The first-order valence-corrected chi connectivity index (χ1v) is 15.0. The predicted octanol–water partition coefficient (Wildman–Crippen LogP) is 3.62. The molecule has 0 atom stereocenters. The molecule has 0 radical (unpaired) electrons. The minimum absolute atomic E-state index is 0.0328. The van der Waals surface area contributed by atoms with Crippen molar-refractivity contribution in [2.45, 2.75) is 18.8 Å². The van der Waals surface area contributed by atoms with Gasteiger partial charge in [-0.25, -0.2) is 0 Å². The normalized spacial score (nSPS) is 12.0. The van der Waals surface area contributed by atoms with Gasteiger partial charge in [-0.3, -0.25) is 4.79 Å². The zero-order valence-corrected chi connectivity index (χ0v) is 26.6. The van der Waals surface area contributed by atoms with Crippen molar-refractivity contribution in [3.05, 3.63) is 29.3 Å². The van der Waals surface area contributed by atoms with Gasteiger partial charge < -0.3 is 53.6 Å². The molecule has 0 spiro atoms. The highest BCUT2D eigenvalue weighted by atomic mass is 32.1. The Morgan fingerprint density at radius 3 is 1.21 bits per heavy atom. The van der Waals surface area contributed by atoms with Crippen molar-refractivity contribution in [3.63, 3.8) is 0 Å². The molecule has 1 rings (SSSR count). The number of halogens is 6. The second kappa shape index (κ2) is 25.6. The third kappa shape index (κ3) is 24.4. The van der Waals surface area contributed by atoms with Gasteiger partial charge in [-0.15, -0.1) is 0 Å². The number of ether oxygens (including phenoxy) is 8. The number of rotatable bonds is 28. The minimum Gasteiger partial charge on any atom is -0.481 e. The van der Waals surface area contributed by atoms with E-state index in [0.717, 1.165) is 0 Å². The molecular weight excluding hydrogens is 670 g/mol.